The van der Waals surface area contributed by atoms with Gasteiger partial charge in [-0.15, -0.1) is 0 Å². The number of nitrogens with one attached hydrogen (secondary N) is 1. The molecule has 3 heterocycles. The van der Waals surface area contributed by atoms with E-state index in [9.17, 15) is 24.0 Å². The number of anilines is 1. The number of carbonyl (C=O) groups excluding carboxylic acids is 3. The topological polar surface area (TPSA) is 148 Å². The van der Waals surface area contributed by atoms with Gasteiger partial charge in [-0.25, -0.2) is 9.59 Å². The predicted molar refractivity (Wildman–Crippen MR) is 189 cm³/mol. The summed E-state index contributed by atoms with van der Waals surface area (Å²) in [5.74, 6) is -6.77. The van der Waals surface area contributed by atoms with E-state index in [0.29, 0.717) is 21.2 Å². The van der Waals surface area contributed by atoms with Crippen LogP contribution in [-0.4, -0.2) is 70.4 Å². The Hall–Kier alpha value is -6.02. The van der Waals surface area contributed by atoms with Crippen LogP contribution in [0.25, 0.3) is 15.3 Å². The van der Waals surface area contributed by atoms with Crippen LogP contribution in [0.3, 0.4) is 0 Å². The number of carbonyl (C=O) groups is 3. The number of alkyl halides is 2. The van der Waals surface area contributed by atoms with Crippen LogP contribution < -0.4 is 16.6 Å². The van der Waals surface area contributed by atoms with Crippen molar-refractivity contribution < 1.29 is 37.4 Å². The van der Waals surface area contributed by atoms with Crippen molar-refractivity contribution in [3.8, 4) is 5.69 Å². The molecule has 53 heavy (non-hydrogen) atoms. The van der Waals surface area contributed by atoms with E-state index in [1.54, 1.807) is 65.1 Å². The van der Waals surface area contributed by atoms with Gasteiger partial charge in [0, 0.05) is 0 Å². The zero-order valence-electron chi connectivity index (χ0n) is 27.7. The zero-order valence-corrected chi connectivity index (χ0v) is 29.4. The Morgan fingerprint density at radius 2 is 1.55 bits per heavy atom. The Kier molecular flexibility index (Phi) is 9.71. The van der Waals surface area contributed by atoms with E-state index in [1.807, 2.05) is 12.1 Å². The fourth-order valence-electron chi connectivity index (χ4n) is 5.84. The summed E-state index contributed by atoms with van der Waals surface area (Å²) in [6.07, 6.45) is -5.31. The third kappa shape index (κ3) is 7.09. The molecule has 12 nitrogen and oxygen atoms in total. The molecule has 0 radical (unpaired) electrons. The number of esters is 2. The summed E-state index contributed by atoms with van der Waals surface area (Å²) >= 11 is -0.270. The molecule has 2 aromatic heterocycles. The summed E-state index contributed by atoms with van der Waals surface area (Å²) < 4.78 is 51.4. The summed E-state index contributed by atoms with van der Waals surface area (Å²) in [4.78, 5) is 68.6. The average molecular weight is 786 g/mol. The number of hydrogen-bond donors (Lipinski definition) is 1. The number of aryl methyl sites for hydroxylation is 1. The van der Waals surface area contributed by atoms with Crippen molar-refractivity contribution in [3.05, 3.63) is 158 Å². The van der Waals surface area contributed by atoms with Crippen molar-refractivity contribution in [2.75, 3.05) is 11.9 Å². The molecular weight excluding hydrogens is 757 g/mol. The molecule has 4 aromatic carbocycles. The molecule has 1 aliphatic heterocycles. The molecule has 1 aliphatic rings. The van der Waals surface area contributed by atoms with E-state index in [4.69, 9.17) is 14.2 Å². The van der Waals surface area contributed by atoms with Crippen LogP contribution in [-0.2, 0) is 14.2 Å². The molecule has 1 N–H and O–H groups in total. The van der Waals surface area contributed by atoms with Crippen molar-refractivity contribution in [1.29, 1.82) is 0 Å². The Morgan fingerprint density at radius 3 is 2.21 bits per heavy atom. The van der Waals surface area contributed by atoms with Gasteiger partial charge in [0.05, 0.1) is 11.1 Å². The molecule has 15 heteroatoms. The quantitative estimate of drug-likeness (QED) is 0.162. The van der Waals surface area contributed by atoms with Crippen LogP contribution in [0, 0.1) is 6.92 Å². The zero-order chi connectivity index (χ0) is 37.3. The molecule has 7 rings (SSSR count). The van der Waals surface area contributed by atoms with Gasteiger partial charge in [0.1, 0.15) is 12.7 Å². The van der Waals surface area contributed by atoms with E-state index >= 15 is 8.78 Å². The van der Waals surface area contributed by atoms with E-state index in [2.05, 4.69) is 10.3 Å². The second-order valence-electron chi connectivity index (χ2n) is 12.0. The monoisotopic (exact) mass is 786 g/mol. The third-order valence-electron chi connectivity index (χ3n) is 8.49. The fourth-order valence-corrected chi connectivity index (χ4v) is 7.91. The SMILES string of the molecule is Cc1cc(-n2[se]c3ccccc3c2=O)ccc1C(=O)Nc1ccn([C@H]2O[C@@H](COC(=O)c3ccccc3)[C@H](OC(=O)c3ccccc3)C2(F)F)c(=O)n1. The van der Waals surface area contributed by atoms with Gasteiger partial charge in [0.15, 0.2) is 6.10 Å². The number of halogens is 2. The van der Waals surface area contributed by atoms with Gasteiger partial charge in [-0.3, -0.25) is 0 Å². The van der Waals surface area contributed by atoms with Gasteiger partial charge in [0.2, 0.25) is 0 Å². The molecule has 0 aliphatic carbocycles. The molecule has 1 saturated heterocycles. The first-order chi connectivity index (χ1) is 25.5. The molecule has 3 atom stereocenters. The molecule has 0 saturated carbocycles. The van der Waals surface area contributed by atoms with Crippen molar-refractivity contribution in [3.63, 3.8) is 0 Å². The predicted octanol–water partition coefficient (Wildman–Crippen LogP) is 4.78. The molecule has 0 spiro atoms. The number of fused-ring (bicyclic) bond motifs is 1. The van der Waals surface area contributed by atoms with Crippen molar-refractivity contribution >= 4 is 48.0 Å². The molecular formula is C38H28F2N4O8Se. The van der Waals surface area contributed by atoms with Gasteiger partial charge >= 0.3 is 183 Å². The maximum atomic E-state index is 16.1. The van der Waals surface area contributed by atoms with Crippen molar-refractivity contribution in [1.82, 2.24) is 13.1 Å². The number of ether oxygens (including phenoxy) is 3. The first kappa shape index (κ1) is 35.4. The van der Waals surface area contributed by atoms with Gasteiger partial charge in [-0.05, 0) is 24.3 Å². The van der Waals surface area contributed by atoms with E-state index in [0.717, 1.165) is 16.5 Å². The normalized spacial score (nSPS) is 17.7. The summed E-state index contributed by atoms with van der Waals surface area (Å²) in [5.41, 5.74) is 0.220. The minimum absolute atomic E-state index is 0.00785. The first-order valence-corrected chi connectivity index (χ1v) is 17.8. The van der Waals surface area contributed by atoms with E-state index in [1.165, 1.54) is 36.4 Å². The van der Waals surface area contributed by atoms with Gasteiger partial charge in [-0.1, -0.05) is 36.4 Å². The van der Waals surface area contributed by atoms with Crippen molar-refractivity contribution in [2.24, 2.45) is 0 Å². The van der Waals surface area contributed by atoms with Crippen LogP contribution in [0.1, 0.15) is 42.9 Å². The number of aromatic nitrogens is 3. The van der Waals surface area contributed by atoms with Crippen molar-refractivity contribution in [2.45, 2.75) is 31.3 Å². The molecule has 0 unspecified atom stereocenters. The summed E-state index contributed by atoms with van der Waals surface area (Å²) in [6.45, 7) is 0.958. The minimum atomic E-state index is -4.01. The molecule has 0 bridgehead atoms. The number of hydrogen-bond acceptors (Lipinski definition) is 9. The van der Waals surface area contributed by atoms with Crippen LogP contribution in [0.5, 0.6) is 0 Å². The molecule has 1 amide bonds. The van der Waals surface area contributed by atoms with Gasteiger partial charge in [-0.2, -0.15) is 8.78 Å². The molecule has 268 valence electrons. The van der Waals surface area contributed by atoms with Gasteiger partial charge < -0.3 is 14.2 Å². The summed E-state index contributed by atoms with van der Waals surface area (Å²) in [6, 6.07) is 28.7. The van der Waals surface area contributed by atoms with Crippen LogP contribution in [0.15, 0.2) is 125 Å². The first-order valence-electron chi connectivity index (χ1n) is 16.2. The Balaban J connectivity index is 1.10. The standard InChI is InChI=1S/C38H28F2N4O8Se/c1-22-20-25(44-33(46)27-14-8-9-15-29(27)53-44)16-17-26(22)32(45)41-30-18-19-43(37(49)42-30)36-38(39,40)31(52-35(48)24-12-6-3-7-13-24)28(51-36)21-50-34(47)23-10-4-2-5-11-23/h2-20,28,31,36H,21H2,1H3,(H,41,42,45,49)/t28-,31-,36-/m0/s1. The molecule has 6 aromatic rings. The average Bonchev–Trinajstić information content (AvgIpc) is 3.63. The van der Waals surface area contributed by atoms with E-state index in [-0.39, 0.29) is 42.8 Å². The van der Waals surface area contributed by atoms with E-state index < -0.39 is 54.5 Å². The van der Waals surface area contributed by atoms with Gasteiger partial charge in [0.25, 0.3) is 0 Å². The number of benzene rings is 4. The number of amides is 1. The van der Waals surface area contributed by atoms with Crippen LogP contribution in [0.4, 0.5) is 14.6 Å². The Morgan fingerprint density at radius 1 is 0.887 bits per heavy atom. The number of nitrogens with zero attached hydrogens (tertiary/aromatic N) is 3. The Bertz CT molecular complexity index is 2470. The third-order valence-corrected chi connectivity index (χ3v) is 10.8. The summed E-state index contributed by atoms with van der Waals surface area (Å²) in [5, 5.41) is 3.14. The fraction of sp³-hybridized carbons (Fsp3) is 0.158. The maximum absolute atomic E-state index is 16.1. The Labute approximate surface area is 305 Å². The van der Waals surface area contributed by atoms with Crippen LogP contribution >= 0.6 is 0 Å². The second kappa shape index (κ2) is 14.5. The van der Waals surface area contributed by atoms with Crippen LogP contribution in [0.2, 0.25) is 0 Å². The second-order valence-corrected chi connectivity index (χ2v) is 14.1. The molecule has 1 fully saturated rings. The summed E-state index contributed by atoms with van der Waals surface area (Å²) in [7, 11) is 0. The number of rotatable bonds is 9.